The SMILES string of the molecule is CC(O)(CNC(=O)CC1(CN)CCCCC1)C(=O)O. The van der Waals surface area contributed by atoms with Gasteiger partial charge >= 0.3 is 5.97 Å². The summed E-state index contributed by atoms with van der Waals surface area (Å²) in [6.07, 6.45) is 5.52. The summed E-state index contributed by atoms with van der Waals surface area (Å²) in [7, 11) is 0. The molecule has 0 aromatic rings. The van der Waals surface area contributed by atoms with Gasteiger partial charge in [0.2, 0.25) is 5.91 Å². The van der Waals surface area contributed by atoms with Gasteiger partial charge in [0.25, 0.3) is 0 Å². The molecule has 1 atom stereocenters. The molecule has 0 saturated heterocycles. The highest BCUT2D eigenvalue weighted by Gasteiger charge is 2.34. The van der Waals surface area contributed by atoms with E-state index in [1.807, 2.05) is 0 Å². The number of carbonyl (C=O) groups excluding carboxylic acids is 1. The van der Waals surface area contributed by atoms with Crippen molar-refractivity contribution in [3.8, 4) is 0 Å². The Labute approximate surface area is 113 Å². The quantitative estimate of drug-likeness (QED) is 0.553. The van der Waals surface area contributed by atoms with Crippen LogP contribution in [0.3, 0.4) is 0 Å². The molecular weight excluding hydrogens is 248 g/mol. The van der Waals surface area contributed by atoms with Crippen molar-refractivity contribution in [1.82, 2.24) is 5.32 Å². The third-order valence-corrected chi connectivity index (χ3v) is 3.97. The zero-order valence-corrected chi connectivity index (χ0v) is 11.4. The van der Waals surface area contributed by atoms with E-state index in [1.165, 1.54) is 6.42 Å². The third kappa shape index (κ3) is 4.47. The lowest BCUT2D eigenvalue weighted by molar-refractivity contribution is -0.156. The lowest BCUT2D eigenvalue weighted by Crippen LogP contribution is -2.48. The number of carboxylic acids is 1. The number of nitrogens with one attached hydrogen (secondary N) is 1. The Kier molecular flexibility index (Phi) is 5.31. The van der Waals surface area contributed by atoms with Gasteiger partial charge in [-0.05, 0) is 31.7 Å². The van der Waals surface area contributed by atoms with E-state index in [0.29, 0.717) is 13.0 Å². The smallest absolute Gasteiger partial charge is 0.337 e. The first kappa shape index (κ1) is 15.9. The van der Waals surface area contributed by atoms with Crippen LogP contribution in [0.5, 0.6) is 0 Å². The van der Waals surface area contributed by atoms with E-state index in [1.54, 1.807) is 0 Å². The van der Waals surface area contributed by atoms with Gasteiger partial charge in [0.05, 0.1) is 6.54 Å². The lowest BCUT2D eigenvalue weighted by atomic mass is 9.71. The van der Waals surface area contributed by atoms with Crippen molar-refractivity contribution in [2.24, 2.45) is 11.1 Å². The molecule has 1 saturated carbocycles. The zero-order chi connectivity index (χ0) is 14.5. The highest BCUT2D eigenvalue weighted by Crippen LogP contribution is 2.38. The minimum atomic E-state index is -1.93. The van der Waals surface area contributed by atoms with Crippen LogP contribution in [0.15, 0.2) is 0 Å². The maximum Gasteiger partial charge on any atom is 0.337 e. The summed E-state index contributed by atoms with van der Waals surface area (Å²) < 4.78 is 0. The summed E-state index contributed by atoms with van der Waals surface area (Å²) in [4.78, 5) is 22.6. The molecule has 0 radical (unpaired) electrons. The molecule has 1 aliphatic rings. The topological polar surface area (TPSA) is 113 Å². The normalized spacial score (nSPS) is 21.4. The van der Waals surface area contributed by atoms with Gasteiger partial charge in [-0.25, -0.2) is 4.79 Å². The predicted octanol–water partition coefficient (Wildman–Crippen LogP) is 0.238. The summed E-state index contributed by atoms with van der Waals surface area (Å²) >= 11 is 0. The Hall–Kier alpha value is -1.14. The van der Waals surface area contributed by atoms with Gasteiger partial charge < -0.3 is 21.3 Å². The highest BCUT2D eigenvalue weighted by atomic mass is 16.4. The minimum Gasteiger partial charge on any atom is -0.479 e. The molecule has 6 heteroatoms. The van der Waals surface area contributed by atoms with E-state index < -0.39 is 11.6 Å². The van der Waals surface area contributed by atoms with Crippen LogP contribution in [0, 0.1) is 5.41 Å². The van der Waals surface area contributed by atoms with Crippen molar-refractivity contribution in [1.29, 1.82) is 0 Å². The van der Waals surface area contributed by atoms with Crippen molar-refractivity contribution in [2.45, 2.75) is 51.0 Å². The Morgan fingerprint density at radius 3 is 2.37 bits per heavy atom. The van der Waals surface area contributed by atoms with Gasteiger partial charge in [0.1, 0.15) is 0 Å². The molecule has 6 nitrogen and oxygen atoms in total. The van der Waals surface area contributed by atoms with Crippen molar-refractivity contribution in [3.05, 3.63) is 0 Å². The second-order valence-corrected chi connectivity index (χ2v) is 5.80. The molecule has 1 aliphatic carbocycles. The van der Waals surface area contributed by atoms with E-state index in [-0.39, 0.29) is 17.9 Å². The van der Waals surface area contributed by atoms with Crippen LogP contribution in [-0.2, 0) is 9.59 Å². The Morgan fingerprint density at radius 1 is 1.32 bits per heavy atom. The fourth-order valence-electron chi connectivity index (χ4n) is 2.50. The molecule has 19 heavy (non-hydrogen) atoms. The number of nitrogens with two attached hydrogens (primary N) is 1. The van der Waals surface area contributed by atoms with Gasteiger partial charge in [0.15, 0.2) is 5.60 Å². The molecule has 0 heterocycles. The molecule has 5 N–H and O–H groups in total. The largest absolute Gasteiger partial charge is 0.479 e. The molecule has 0 aliphatic heterocycles. The number of hydrogen-bond donors (Lipinski definition) is 4. The van der Waals surface area contributed by atoms with Crippen LogP contribution in [0.25, 0.3) is 0 Å². The highest BCUT2D eigenvalue weighted by molar-refractivity contribution is 5.80. The van der Waals surface area contributed by atoms with Gasteiger partial charge in [-0.2, -0.15) is 0 Å². The molecular formula is C13H24N2O4. The first-order chi connectivity index (χ1) is 8.81. The fraction of sp³-hybridized carbons (Fsp3) is 0.846. The van der Waals surface area contributed by atoms with Gasteiger partial charge in [-0.1, -0.05) is 19.3 Å². The fourth-order valence-corrected chi connectivity index (χ4v) is 2.50. The van der Waals surface area contributed by atoms with Crippen LogP contribution < -0.4 is 11.1 Å². The summed E-state index contributed by atoms with van der Waals surface area (Å²) in [6.45, 7) is 1.34. The second kappa shape index (κ2) is 6.34. The van der Waals surface area contributed by atoms with E-state index in [4.69, 9.17) is 10.8 Å². The van der Waals surface area contributed by atoms with E-state index in [0.717, 1.165) is 32.6 Å². The number of carboxylic acid groups (broad SMARTS) is 1. The van der Waals surface area contributed by atoms with Crippen LogP contribution in [0.4, 0.5) is 0 Å². The zero-order valence-electron chi connectivity index (χ0n) is 11.4. The summed E-state index contributed by atoms with van der Waals surface area (Å²) in [6, 6.07) is 0. The Bertz CT molecular complexity index is 336. The number of carbonyl (C=O) groups is 2. The predicted molar refractivity (Wildman–Crippen MR) is 70.5 cm³/mol. The van der Waals surface area contributed by atoms with Crippen molar-refractivity contribution >= 4 is 11.9 Å². The maximum absolute atomic E-state index is 11.9. The van der Waals surface area contributed by atoms with Crippen molar-refractivity contribution in [3.63, 3.8) is 0 Å². The molecule has 0 spiro atoms. The second-order valence-electron chi connectivity index (χ2n) is 5.80. The minimum absolute atomic E-state index is 0.155. The lowest BCUT2D eigenvalue weighted by Gasteiger charge is -2.35. The van der Waals surface area contributed by atoms with Crippen LogP contribution in [0.2, 0.25) is 0 Å². The van der Waals surface area contributed by atoms with Gasteiger partial charge in [-0.15, -0.1) is 0 Å². The average Bonchev–Trinajstić information content (AvgIpc) is 2.37. The third-order valence-electron chi connectivity index (χ3n) is 3.97. The van der Waals surface area contributed by atoms with Crippen LogP contribution in [0.1, 0.15) is 45.4 Å². The summed E-state index contributed by atoms with van der Waals surface area (Å²) in [5.74, 6) is -1.59. The number of hydrogen-bond acceptors (Lipinski definition) is 4. The van der Waals surface area contributed by atoms with Crippen LogP contribution >= 0.6 is 0 Å². The number of rotatable bonds is 6. The number of amides is 1. The van der Waals surface area contributed by atoms with E-state index >= 15 is 0 Å². The standard InChI is InChI=1S/C13H24N2O4/c1-12(19,11(17)18)9-15-10(16)7-13(8-14)5-3-2-4-6-13/h19H,2-9,14H2,1H3,(H,15,16)(H,17,18). The molecule has 1 amide bonds. The molecule has 110 valence electrons. The molecule has 0 bridgehead atoms. The van der Waals surface area contributed by atoms with E-state index in [2.05, 4.69) is 5.32 Å². The maximum atomic E-state index is 11.9. The molecule has 1 fully saturated rings. The molecule has 1 unspecified atom stereocenters. The van der Waals surface area contributed by atoms with Gasteiger partial charge in [-0.3, -0.25) is 4.79 Å². The van der Waals surface area contributed by atoms with Crippen molar-refractivity contribution in [2.75, 3.05) is 13.1 Å². The molecule has 0 aromatic heterocycles. The number of aliphatic hydroxyl groups is 1. The summed E-state index contributed by atoms with van der Waals surface area (Å²) in [5, 5.41) is 20.8. The molecule has 0 aromatic carbocycles. The van der Waals surface area contributed by atoms with Gasteiger partial charge in [0, 0.05) is 6.42 Å². The number of aliphatic carboxylic acids is 1. The first-order valence-electron chi connectivity index (χ1n) is 6.74. The first-order valence-corrected chi connectivity index (χ1v) is 6.74. The average molecular weight is 272 g/mol. The van der Waals surface area contributed by atoms with E-state index in [9.17, 15) is 14.7 Å². The monoisotopic (exact) mass is 272 g/mol. The molecule has 1 rings (SSSR count). The van der Waals surface area contributed by atoms with Crippen molar-refractivity contribution < 1.29 is 19.8 Å². The Balaban J connectivity index is 2.48. The Morgan fingerprint density at radius 2 is 1.89 bits per heavy atom. The van der Waals surface area contributed by atoms with Crippen LogP contribution in [-0.4, -0.2) is 40.8 Å². The summed E-state index contributed by atoms with van der Waals surface area (Å²) in [5.41, 5.74) is 3.71.